The van der Waals surface area contributed by atoms with Gasteiger partial charge in [-0.3, -0.25) is 0 Å². The summed E-state index contributed by atoms with van der Waals surface area (Å²) in [7, 11) is 6.00. The second-order valence-electron chi connectivity index (χ2n) is 5.34. The number of hydrogen-bond acceptors (Lipinski definition) is 3. The van der Waals surface area contributed by atoms with Gasteiger partial charge >= 0.3 is 0 Å². The first kappa shape index (κ1) is 14.9. The molecule has 0 aromatic heterocycles. The van der Waals surface area contributed by atoms with E-state index in [1.165, 1.54) is 0 Å². The van der Waals surface area contributed by atoms with Gasteiger partial charge < -0.3 is 15.0 Å². The fourth-order valence-electron chi connectivity index (χ4n) is 1.85. The van der Waals surface area contributed by atoms with Crippen molar-refractivity contribution >= 4 is 0 Å². The minimum Gasteiger partial charge on any atom is -0.383 e. The number of hydrogen-bond donors (Lipinski definition) is 1. The van der Waals surface area contributed by atoms with Crippen LogP contribution >= 0.6 is 0 Å². The van der Waals surface area contributed by atoms with E-state index in [0.717, 1.165) is 26.1 Å². The van der Waals surface area contributed by atoms with Crippen LogP contribution in [0, 0.1) is 5.41 Å². The third kappa shape index (κ3) is 7.77. The highest BCUT2D eigenvalue weighted by molar-refractivity contribution is 4.76. The van der Waals surface area contributed by atoms with Crippen molar-refractivity contribution in [1.29, 1.82) is 0 Å². The lowest BCUT2D eigenvalue weighted by Gasteiger charge is -2.30. The molecular formula is C12H28N2O. The van der Waals surface area contributed by atoms with Crippen LogP contribution in [0.3, 0.4) is 0 Å². The van der Waals surface area contributed by atoms with E-state index in [4.69, 9.17) is 4.74 Å². The summed E-state index contributed by atoms with van der Waals surface area (Å²) in [4.78, 5) is 2.24. The van der Waals surface area contributed by atoms with Crippen LogP contribution in [-0.2, 0) is 4.74 Å². The lowest BCUT2D eigenvalue weighted by atomic mass is 9.92. The topological polar surface area (TPSA) is 24.5 Å². The largest absolute Gasteiger partial charge is 0.383 e. The summed E-state index contributed by atoms with van der Waals surface area (Å²) in [5.41, 5.74) is 0.310. The van der Waals surface area contributed by atoms with Gasteiger partial charge in [-0.15, -0.1) is 0 Å². The molecule has 0 amide bonds. The Hall–Kier alpha value is -0.120. The van der Waals surface area contributed by atoms with Crippen LogP contribution in [0.5, 0.6) is 0 Å². The fraction of sp³-hybridized carbons (Fsp3) is 1.00. The number of rotatable bonds is 8. The molecule has 0 fully saturated rings. The molecule has 0 bridgehead atoms. The van der Waals surface area contributed by atoms with Crippen molar-refractivity contribution in [3.8, 4) is 0 Å². The first-order valence-corrected chi connectivity index (χ1v) is 5.78. The summed E-state index contributed by atoms with van der Waals surface area (Å²) in [5, 5.41) is 3.56. The molecule has 0 aliphatic rings. The first-order chi connectivity index (χ1) is 6.91. The zero-order valence-corrected chi connectivity index (χ0v) is 11.3. The van der Waals surface area contributed by atoms with Crippen molar-refractivity contribution < 1.29 is 4.74 Å². The van der Waals surface area contributed by atoms with Crippen LogP contribution in [0.2, 0.25) is 0 Å². The maximum Gasteiger partial charge on any atom is 0.0615 e. The second-order valence-corrected chi connectivity index (χ2v) is 5.34. The molecule has 0 aromatic carbocycles. The molecule has 1 N–H and O–H groups in total. The van der Waals surface area contributed by atoms with Gasteiger partial charge in [0, 0.05) is 26.2 Å². The van der Waals surface area contributed by atoms with Gasteiger partial charge in [0.05, 0.1) is 6.61 Å². The third-order valence-corrected chi connectivity index (χ3v) is 2.47. The van der Waals surface area contributed by atoms with E-state index in [9.17, 15) is 0 Å². The fourth-order valence-corrected chi connectivity index (χ4v) is 1.85. The molecule has 1 unspecified atom stereocenters. The van der Waals surface area contributed by atoms with Gasteiger partial charge in [-0.25, -0.2) is 0 Å². The highest BCUT2D eigenvalue weighted by Gasteiger charge is 2.19. The smallest absolute Gasteiger partial charge is 0.0615 e. The SMILES string of the molecule is CCC(COC)NCC(C)(C)CN(C)C. The van der Waals surface area contributed by atoms with Crippen LogP contribution in [0.1, 0.15) is 27.2 Å². The molecule has 0 aromatic rings. The Morgan fingerprint density at radius 2 is 1.93 bits per heavy atom. The standard InChI is InChI=1S/C12H28N2O/c1-7-11(8-15-6)13-9-12(2,3)10-14(4)5/h11,13H,7-10H2,1-6H3. The van der Waals surface area contributed by atoms with Gasteiger partial charge in [0.1, 0.15) is 0 Å². The molecule has 0 saturated heterocycles. The Balaban J connectivity index is 3.89. The highest BCUT2D eigenvalue weighted by atomic mass is 16.5. The Morgan fingerprint density at radius 3 is 2.33 bits per heavy atom. The first-order valence-electron chi connectivity index (χ1n) is 5.78. The van der Waals surface area contributed by atoms with Crippen LogP contribution in [0.4, 0.5) is 0 Å². The predicted molar refractivity (Wildman–Crippen MR) is 66.3 cm³/mol. The van der Waals surface area contributed by atoms with E-state index >= 15 is 0 Å². The number of nitrogens with one attached hydrogen (secondary N) is 1. The van der Waals surface area contributed by atoms with Crippen molar-refractivity contribution in [2.24, 2.45) is 5.41 Å². The second kappa shape index (κ2) is 7.20. The number of ether oxygens (including phenoxy) is 1. The minimum atomic E-state index is 0.310. The third-order valence-electron chi connectivity index (χ3n) is 2.47. The average molecular weight is 216 g/mol. The quantitative estimate of drug-likeness (QED) is 0.667. The van der Waals surface area contributed by atoms with Gasteiger partial charge in [-0.05, 0) is 25.9 Å². The maximum atomic E-state index is 5.17. The summed E-state index contributed by atoms with van der Waals surface area (Å²) in [6.45, 7) is 9.71. The van der Waals surface area contributed by atoms with E-state index in [-0.39, 0.29) is 0 Å². The molecule has 3 heteroatoms. The monoisotopic (exact) mass is 216 g/mol. The number of methoxy groups -OCH3 is 1. The molecule has 3 nitrogen and oxygen atoms in total. The van der Waals surface area contributed by atoms with Crippen molar-refractivity contribution in [3.05, 3.63) is 0 Å². The van der Waals surface area contributed by atoms with Gasteiger partial charge in [0.15, 0.2) is 0 Å². The Morgan fingerprint density at radius 1 is 1.33 bits per heavy atom. The van der Waals surface area contributed by atoms with Crippen LogP contribution in [0.15, 0.2) is 0 Å². The Labute approximate surface area is 95.2 Å². The lowest BCUT2D eigenvalue weighted by molar-refractivity contribution is 0.151. The van der Waals surface area contributed by atoms with E-state index < -0.39 is 0 Å². The van der Waals surface area contributed by atoms with Crippen LogP contribution in [0.25, 0.3) is 0 Å². The molecule has 0 radical (unpaired) electrons. The summed E-state index contributed by atoms with van der Waals surface area (Å²) in [6, 6.07) is 0.483. The summed E-state index contributed by atoms with van der Waals surface area (Å²) in [5.74, 6) is 0. The van der Waals surface area contributed by atoms with E-state index in [2.05, 4.69) is 45.1 Å². The molecule has 0 spiro atoms. The summed E-state index contributed by atoms with van der Waals surface area (Å²) >= 11 is 0. The van der Waals surface area contributed by atoms with E-state index in [1.54, 1.807) is 7.11 Å². The van der Waals surface area contributed by atoms with Gasteiger partial charge in [-0.2, -0.15) is 0 Å². The molecule has 1 atom stereocenters. The summed E-state index contributed by atoms with van der Waals surface area (Å²) < 4.78 is 5.17. The zero-order chi connectivity index (χ0) is 11.9. The number of nitrogens with zero attached hydrogens (tertiary/aromatic N) is 1. The summed E-state index contributed by atoms with van der Waals surface area (Å²) in [6.07, 6.45) is 1.12. The molecular weight excluding hydrogens is 188 g/mol. The van der Waals surface area contributed by atoms with Gasteiger partial charge in [-0.1, -0.05) is 20.8 Å². The molecule has 0 saturated carbocycles. The molecule has 15 heavy (non-hydrogen) atoms. The predicted octanol–water partition coefficient (Wildman–Crippen LogP) is 1.59. The van der Waals surface area contributed by atoms with Crippen LogP contribution in [-0.4, -0.2) is 51.8 Å². The van der Waals surface area contributed by atoms with Gasteiger partial charge in [0.25, 0.3) is 0 Å². The molecule has 0 heterocycles. The Kier molecular flexibility index (Phi) is 7.14. The van der Waals surface area contributed by atoms with E-state index in [0.29, 0.717) is 11.5 Å². The molecule has 0 aliphatic carbocycles. The van der Waals surface area contributed by atoms with Crippen molar-refractivity contribution in [2.45, 2.75) is 33.2 Å². The molecule has 0 rings (SSSR count). The van der Waals surface area contributed by atoms with E-state index in [1.807, 2.05) is 0 Å². The lowest BCUT2D eigenvalue weighted by Crippen LogP contribution is -2.43. The zero-order valence-electron chi connectivity index (χ0n) is 11.3. The van der Waals surface area contributed by atoms with Crippen molar-refractivity contribution in [1.82, 2.24) is 10.2 Å². The normalized spacial score (nSPS) is 14.6. The molecule has 0 aliphatic heterocycles. The van der Waals surface area contributed by atoms with Crippen molar-refractivity contribution in [2.75, 3.05) is 40.9 Å². The average Bonchev–Trinajstić information content (AvgIpc) is 2.10. The molecule has 92 valence electrons. The van der Waals surface area contributed by atoms with Crippen molar-refractivity contribution in [3.63, 3.8) is 0 Å². The maximum absolute atomic E-state index is 5.17. The van der Waals surface area contributed by atoms with Gasteiger partial charge in [0.2, 0.25) is 0 Å². The Bertz CT molecular complexity index is 158. The highest BCUT2D eigenvalue weighted by Crippen LogP contribution is 2.14. The van der Waals surface area contributed by atoms with Crippen LogP contribution < -0.4 is 5.32 Å². The minimum absolute atomic E-state index is 0.310.